The molecule has 64 valence electrons. The van der Waals surface area contributed by atoms with E-state index in [4.69, 9.17) is 23.2 Å². The smallest absolute Gasteiger partial charge is 0.138 e. The highest BCUT2D eigenvalue weighted by Gasteiger charge is 1.97. The van der Waals surface area contributed by atoms with Gasteiger partial charge >= 0.3 is 0 Å². The average molecular weight is 220 g/mol. The van der Waals surface area contributed by atoms with Gasteiger partial charge in [0, 0.05) is 11.3 Å². The summed E-state index contributed by atoms with van der Waals surface area (Å²) in [5.41, 5.74) is 0.857. The molecule has 4 heteroatoms. The molecule has 1 nitrogen and oxygen atoms in total. The van der Waals surface area contributed by atoms with Crippen molar-refractivity contribution in [2.75, 3.05) is 5.75 Å². The number of thiol groups is 1. The summed E-state index contributed by atoms with van der Waals surface area (Å²) in [6, 6.07) is 3.52. The molecule has 0 aliphatic rings. The van der Waals surface area contributed by atoms with Crippen molar-refractivity contribution in [2.24, 2.45) is 0 Å². The second-order valence-corrected chi connectivity index (χ2v) is 3.21. The second kappa shape index (κ2) is 4.75. The van der Waals surface area contributed by atoms with Gasteiger partial charge in [0.05, 0.1) is 0 Å². The van der Waals surface area contributed by atoms with E-state index in [-0.39, 0.29) is 0 Å². The average Bonchev–Trinajstić information content (AvgIpc) is 2.03. The maximum absolute atomic E-state index is 5.79. The van der Waals surface area contributed by atoms with Crippen LogP contribution >= 0.6 is 35.8 Å². The van der Waals surface area contributed by atoms with Gasteiger partial charge in [-0.1, -0.05) is 35.4 Å². The first-order valence-corrected chi connectivity index (χ1v) is 4.72. The van der Waals surface area contributed by atoms with E-state index in [1.807, 2.05) is 18.2 Å². The van der Waals surface area contributed by atoms with Crippen molar-refractivity contribution >= 4 is 41.9 Å². The van der Waals surface area contributed by atoms with Crippen LogP contribution in [0, 0.1) is 0 Å². The highest BCUT2D eigenvalue weighted by molar-refractivity contribution is 7.80. The van der Waals surface area contributed by atoms with Crippen LogP contribution in [-0.4, -0.2) is 10.7 Å². The highest BCUT2D eigenvalue weighted by Crippen LogP contribution is 2.17. The largest absolute Gasteiger partial charge is 0.224 e. The van der Waals surface area contributed by atoms with Crippen LogP contribution in [0.15, 0.2) is 18.2 Å². The Kier molecular flexibility index (Phi) is 3.92. The number of aromatic nitrogens is 1. The summed E-state index contributed by atoms with van der Waals surface area (Å²) >= 11 is 15.4. The number of rotatable bonds is 2. The molecule has 0 spiro atoms. The third-order valence-corrected chi connectivity index (χ3v) is 1.97. The van der Waals surface area contributed by atoms with Crippen molar-refractivity contribution < 1.29 is 0 Å². The molecule has 0 saturated heterocycles. The fourth-order valence-electron chi connectivity index (χ4n) is 0.727. The Bertz CT molecular complexity index is 299. The number of halogens is 2. The van der Waals surface area contributed by atoms with Crippen molar-refractivity contribution in [2.45, 2.75) is 0 Å². The molecule has 0 saturated carbocycles. The summed E-state index contributed by atoms with van der Waals surface area (Å²) in [5.74, 6) is 0.680. The predicted octanol–water partition coefficient (Wildman–Crippen LogP) is 3.33. The zero-order valence-corrected chi connectivity index (χ0v) is 8.57. The molecule has 12 heavy (non-hydrogen) atoms. The third-order valence-electron chi connectivity index (χ3n) is 1.25. The summed E-state index contributed by atoms with van der Waals surface area (Å²) in [4.78, 5) is 3.88. The SMILES string of the molecule is SCC=Cc1ccc(Cl)nc1Cl. The van der Waals surface area contributed by atoms with Crippen LogP contribution in [0.1, 0.15) is 5.56 Å². The number of pyridine rings is 1. The van der Waals surface area contributed by atoms with Gasteiger partial charge in [0.25, 0.3) is 0 Å². The van der Waals surface area contributed by atoms with Crippen LogP contribution in [0.3, 0.4) is 0 Å². The Balaban J connectivity index is 2.94. The van der Waals surface area contributed by atoms with Crippen molar-refractivity contribution in [1.29, 1.82) is 0 Å². The van der Waals surface area contributed by atoms with Crippen LogP contribution in [0.25, 0.3) is 6.08 Å². The molecule has 0 bridgehead atoms. The monoisotopic (exact) mass is 219 g/mol. The van der Waals surface area contributed by atoms with E-state index < -0.39 is 0 Å². The first-order valence-electron chi connectivity index (χ1n) is 3.33. The third kappa shape index (κ3) is 2.70. The van der Waals surface area contributed by atoms with Crippen LogP contribution < -0.4 is 0 Å². The molecule has 0 N–H and O–H groups in total. The van der Waals surface area contributed by atoms with Crippen LogP contribution in [0.4, 0.5) is 0 Å². The van der Waals surface area contributed by atoms with Gasteiger partial charge < -0.3 is 0 Å². The van der Waals surface area contributed by atoms with Gasteiger partial charge in [-0.05, 0) is 12.1 Å². The normalized spacial score (nSPS) is 10.9. The minimum Gasteiger partial charge on any atom is -0.224 e. The van der Waals surface area contributed by atoms with Gasteiger partial charge in [-0.3, -0.25) is 0 Å². The fraction of sp³-hybridized carbons (Fsp3) is 0.125. The standard InChI is InChI=1S/C8H7Cl2NS/c9-7-4-3-6(2-1-5-12)8(10)11-7/h1-4,12H,5H2. The molecule has 0 aliphatic heterocycles. The Hall–Kier alpha value is -0.180. The summed E-state index contributed by atoms with van der Waals surface area (Å²) in [5, 5.41) is 0.823. The Morgan fingerprint density at radius 2 is 2.17 bits per heavy atom. The lowest BCUT2D eigenvalue weighted by Crippen LogP contribution is -1.81. The van der Waals surface area contributed by atoms with E-state index in [2.05, 4.69) is 17.6 Å². The molecule has 1 heterocycles. The van der Waals surface area contributed by atoms with E-state index in [1.165, 1.54) is 0 Å². The van der Waals surface area contributed by atoms with Gasteiger partial charge in [0.15, 0.2) is 0 Å². The van der Waals surface area contributed by atoms with Crippen molar-refractivity contribution in [1.82, 2.24) is 4.98 Å². The molecule has 1 aromatic heterocycles. The minimum absolute atomic E-state index is 0.406. The van der Waals surface area contributed by atoms with Crippen molar-refractivity contribution in [3.05, 3.63) is 34.1 Å². The van der Waals surface area contributed by atoms with Crippen molar-refractivity contribution in [3.8, 4) is 0 Å². The molecular weight excluding hydrogens is 213 g/mol. The van der Waals surface area contributed by atoms with Gasteiger partial charge in [0.2, 0.25) is 0 Å². The quantitative estimate of drug-likeness (QED) is 0.595. The fourth-order valence-corrected chi connectivity index (χ4v) is 1.24. The van der Waals surface area contributed by atoms with E-state index in [0.29, 0.717) is 16.1 Å². The van der Waals surface area contributed by atoms with E-state index >= 15 is 0 Å². The van der Waals surface area contributed by atoms with E-state index in [9.17, 15) is 0 Å². The van der Waals surface area contributed by atoms with Crippen molar-refractivity contribution in [3.63, 3.8) is 0 Å². The molecule has 1 aromatic rings. The number of nitrogens with zero attached hydrogens (tertiary/aromatic N) is 1. The van der Waals surface area contributed by atoms with E-state index in [1.54, 1.807) is 6.07 Å². The van der Waals surface area contributed by atoms with Crippen LogP contribution in [0.2, 0.25) is 10.3 Å². The first kappa shape index (κ1) is 9.90. The second-order valence-electron chi connectivity index (χ2n) is 2.10. The zero-order chi connectivity index (χ0) is 8.97. The molecule has 0 aliphatic carbocycles. The Morgan fingerprint density at radius 3 is 2.75 bits per heavy atom. The summed E-state index contributed by atoms with van der Waals surface area (Å²) in [7, 11) is 0. The van der Waals surface area contributed by atoms with E-state index in [0.717, 1.165) is 5.56 Å². The Morgan fingerprint density at radius 1 is 1.42 bits per heavy atom. The predicted molar refractivity (Wildman–Crippen MR) is 57.1 cm³/mol. The summed E-state index contributed by atoms with van der Waals surface area (Å²) in [6.07, 6.45) is 3.75. The summed E-state index contributed by atoms with van der Waals surface area (Å²) < 4.78 is 0. The number of hydrogen-bond donors (Lipinski definition) is 1. The van der Waals surface area contributed by atoms with Crippen LogP contribution in [-0.2, 0) is 0 Å². The molecular formula is C8H7Cl2NS. The first-order chi connectivity index (χ1) is 5.74. The summed E-state index contributed by atoms with van der Waals surface area (Å²) in [6.45, 7) is 0. The topological polar surface area (TPSA) is 12.9 Å². The molecule has 0 unspecified atom stereocenters. The molecule has 0 radical (unpaired) electrons. The molecule has 0 fully saturated rings. The highest BCUT2D eigenvalue weighted by atomic mass is 35.5. The van der Waals surface area contributed by atoms with Gasteiger partial charge in [0.1, 0.15) is 10.3 Å². The van der Waals surface area contributed by atoms with Crippen LogP contribution in [0.5, 0.6) is 0 Å². The maximum Gasteiger partial charge on any atom is 0.138 e. The lowest BCUT2D eigenvalue weighted by atomic mass is 10.3. The maximum atomic E-state index is 5.79. The molecule has 0 atom stereocenters. The lowest BCUT2D eigenvalue weighted by Gasteiger charge is -1.96. The van der Waals surface area contributed by atoms with Gasteiger partial charge in [-0.15, -0.1) is 0 Å². The zero-order valence-electron chi connectivity index (χ0n) is 6.17. The molecule has 0 amide bonds. The van der Waals surface area contributed by atoms with Gasteiger partial charge in [-0.2, -0.15) is 12.6 Å². The molecule has 1 rings (SSSR count). The molecule has 0 aromatic carbocycles. The minimum atomic E-state index is 0.406. The number of hydrogen-bond acceptors (Lipinski definition) is 2. The van der Waals surface area contributed by atoms with Gasteiger partial charge in [-0.25, -0.2) is 4.98 Å². The Labute approximate surface area is 86.8 Å². The lowest BCUT2D eigenvalue weighted by molar-refractivity contribution is 1.32.